The molecule has 0 aliphatic carbocycles. The van der Waals surface area contributed by atoms with Gasteiger partial charge in [-0.05, 0) is 79.3 Å². The molecule has 2 aliphatic heterocycles. The van der Waals surface area contributed by atoms with Crippen molar-refractivity contribution in [2.75, 3.05) is 26.7 Å². The predicted octanol–water partition coefficient (Wildman–Crippen LogP) is 5.43. The van der Waals surface area contributed by atoms with E-state index in [9.17, 15) is 13.2 Å². The van der Waals surface area contributed by atoms with Gasteiger partial charge in [0.2, 0.25) is 10.0 Å². The van der Waals surface area contributed by atoms with E-state index in [1.807, 2.05) is 26.8 Å². The van der Waals surface area contributed by atoms with E-state index >= 15 is 0 Å². The van der Waals surface area contributed by atoms with Crippen LogP contribution in [0.25, 0.3) is 0 Å². The summed E-state index contributed by atoms with van der Waals surface area (Å²) in [4.78, 5) is 15.3. The van der Waals surface area contributed by atoms with Crippen LogP contribution in [-0.2, 0) is 39.1 Å². The number of sulfonamides is 1. The molecule has 0 N–H and O–H groups in total. The van der Waals surface area contributed by atoms with Gasteiger partial charge >= 0.3 is 5.97 Å². The fourth-order valence-corrected chi connectivity index (χ4v) is 7.39. The molecule has 8 heteroatoms. The second-order valence-electron chi connectivity index (χ2n) is 11.2. The highest BCUT2D eigenvalue weighted by atomic mass is 32.2. The first-order valence-corrected chi connectivity index (χ1v) is 15.9. The fraction of sp³-hybridized carbons (Fsp3) is 0.424. The summed E-state index contributed by atoms with van der Waals surface area (Å²) in [5.74, 6) is -0.0527. The molecule has 2 atom stereocenters. The number of esters is 1. The Morgan fingerprint density at radius 2 is 1.80 bits per heavy atom. The number of likely N-dealkylation sites (N-methyl/N-ethyl adjacent to an activating group) is 1. The Labute approximate surface area is 244 Å². The molecule has 7 nitrogen and oxygen atoms in total. The molecule has 0 saturated carbocycles. The number of carbonyl (C=O) groups excluding carboxylic acids is 1. The lowest BCUT2D eigenvalue weighted by molar-refractivity contribution is -0.143. The Balaban J connectivity index is 1.52. The first kappa shape index (κ1) is 29.3. The van der Waals surface area contributed by atoms with E-state index in [1.165, 1.54) is 15.4 Å². The fourth-order valence-electron chi connectivity index (χ4n) is 5.82. The van der Waals surface area contributed by atoms with Crippen molar-refractivity contribution in [1.82, 2.24) is 9.21 Å². The van der Waals surface area contributed by atoms with Crippen LogP contribution in [0.15, 0.2) is 65.6 Å². The highest BCUT2D eigenvalue weighted by molar-refractivity contribution is 7.89. The van der Waals surface area contributed by atoms with E-state index < -0.39 is 10.0 Å². The molecular weight excluding hydrogens is 536 g/mol. The first-order chi connectivity index (χ1) is 19.7. The van der Waals surface area contributed by atoms with Crippen LogP contribution in [0.3, 0.4) is 0 Å². The summed E-state index contributed by atoms with van der Waals surface area (Å²) in [5.41, 5.74) is 6.59. The van der Waals surface area contributed by atoms with Gasteiger partial charge in [0.15, 0.2) is 0 Å². The maximum Gasteiger partial charge on any atom is 0.306 e. The summed E-state index contributed by atoms with van der Waals surface area (Å²) >= 11 is 0. The van der Waals surface area contributed by atoms with E-state index in [1.54, 1.807) is 24.3 Å². The van der Waals surface area contributed by atoms with Gasteiger partial charge in [0.05, 0.1) is 19.6 Å². The summed E-state index contributed by atoms with van der Waals surface area (Å²) < 4.78 is 40.6. The molecule has 0 radical (unpaired) electrons. The number of ether oxygens (including phenoxy) is 2. The van der Waals surface area contributed by atoms with Crippen LogP contribution in [0.5, 0.6) is 5.75 Å². The minimum atomic E-state index is -3.77. The molecule has 0 fully saturated rings. The topological polar surface area (TPSA) is 76.1 Å². The van der Waals surface area contributed by atoms with Crippen LogP contribution < -0.4 is 4.74 Å². The van der Waals surface area contributed by atoms with Gasteiger partial charge in [-0.25, -0.2) is 8.42 Å². The molecule has 41 heavy (non-hydrogen) atoms. The quantitative estimate of drug-likeness (QED) is 0.333. The lowest BCUT2D eigenvalue weighted by Crippen LogP contribution is -2.36. The van der Waals surface area contributed by atoms with Gasteiger partial charge in [-0.2, -0.15) is 4.31 Å². The molecule has 0 aromatic heterocycles. The zero-order chi connectivity index (χ0) is 29.1. The van der Waals surface area contributed by atoms with Crippen molar-refractivity contribution in [3.8, 4) is 5.75 Å². The Morgan fingerprint density at radius 3 is 2.59 bits per heavy atom. The van der Waals surface area contributed by atoms with Gasteiger partial charge in [0, 0.05) is 25.6 Å². The summed E-state index contributed by atoms with van der Waals surface area (Å²) in [6.45, 7) is 8.55. The monoisotopic (exact) mass is 576 g/mol. The summed E-state index contributed by atoms with van der Waals surface area (Å²) in [7, 11) is -1.65. The van der Waals surface area contributed by atoms with Crippen LogP contribution >= 0.6 is 0 Å². The van der Waals surface area contributed by atoms with Crippen molar-refractivity contribution in [2.24, 2.45) is 0 Å². The van der Waals surface area contributed by atoms with Crippen molar-refractivity contribution in [2.45, 2.75) is 70.0 Å². The molecule has 3 aromatic rings. The lowest BCUT2D eigenvalue weighted by Gasteiger charge is -2.27. The third-order valence-corrected chi connectivity index (χ3v) is 10.1. The number of hydrogen-bond donors (Lipinski definition) is 0. The molecule has 2 aliphatic rings. The highest BCUT2D eigenvalue weighted by Crippen LogP contribution is 2.35. The summed E-state index contributed by atoms with van der Waals surface area (Å²) in [6, 6.07) is 19.6. The van der Waals surface area contributed by atoms with Gasteiger partial charge in [-0.1, -0.05) is 55.5 Å². The molecular formula is C33H40N2O5S. The van der Waals surface area contributed by atoms with Crippen molar-refractivity contribution < 1.29 is 22.7 Å². The average molecular weight is 577 g/mol. The molecule has 0 amide bonds. The van der Waals surface area contributed by atoms with Crippen LogP contribution in [0, 0.1) is 6.92 Å². The Morgan fingerprint density at radius 1 is 1.05 bits per heavy atom. The van der Waals surface area contributed by atoms with Crippen molar-refractivity contribution in [1.29, 1.82) is 0 Å². The van der Waals surface area contributed by atoms with Crippen LogP contribution in [0.1, 0.15) is 66.0 Å². The Hall–Kier alpha value is -3.20. The van der Waals surface area contributed by atoms with Crippen LogP contribution in [-0.4, -0.2) is 56.4 Å². The maximum atomic E-state index is 13.8. The molecule has 5 rings (SSSR count). The van der Waals surface area contributed by atoms with Gasteiger partial charge < -0.3 is 14.4 Å². The molecule has 218 valence electrons. The van der Waals surface area contributed by atoms with Crippen molar-refractivity contribution in [3.05, 3.63) is 94.0 Å². The maximum absolute atomic E-state index is 13.8. The minimum Gasteiger partial charge on any atom is -0.488 e. The number of rotatable bonds is 8. The molecule has 3 aromatic carbocycles. The van der Waals surface area contributed by atoms with E-state index in [4.69, 9.17) is 9.47 Å². The number of benzene rings is 3. The third kappa shape index (κ3) is 6.35. The standard InChI is InChI=1S/C33H40N2O5S/c1-5-29-22-35(41(37,38)32-10-8-7-9-31(32)40-29)21-27-17-25(12-11-23(27)3)30(19-33(36)39-6-2)26-14-13-24-15-16-34(4)20-28(24)18-26/h7-14,17-18,29-30H,5-6,15-16,19-22H2,1-4H3. The number of carbonyl (C=O) groups is 1. The second-order valence-corrected chi connectivity index (χ2v) is 13.1. The number of nitrogens with zero attached hydrogens (tertiary/aromatic N) is 2. The largest absolute Gasteiger partial charge is 0.488 e. The predicted molar refractivity (Wildman–Crippen MR) is 159 cm³/mol. The summed E-state index contributed by atoms with van der Waals surface area (Å²) in [5, 5.41) is 0. The van der Waals surface area contributed by atoms with Gasteiger partial charge in [-0.15, -0.1) is 0 Å². The van der Waals surface area contributed by atoms with Gasteiger partial charge in [0.1, 0.15) is 16.7 Å². The molecule has 0 bridgehead atoms. The van der Waals surface area contributed by atoms with E-state index in [-0.39, 0.29) is 42.4 Å². The number of para-hydroxylation sites is 1. The average Bonchev–Trinajstić information content (AvgIpc) is 3.06. The molecule has 0 saturated heterocycles. The first-order valence-electron chi connectivity index (χ1n) is 14.5. The van der Waals surface area contributed by atoms with E-state index in [0.29, 0.717) is 18.8 Å². The normalized spacial score (nSPS) is 19.4. The molecule has 0 spiro atoms. The molecule has 2 unspecified atom stereocenters. The lowest BCUT2D eigenvalue weighted by atomic mass is 9.84. The van der Waals surface area contributed by atoms with Gasteiger partial charge in [0.25, 0.3) is 0 Å². The van der Waals surface area contributed by atoms with Crippen molar-refractivity contribution in [3.63, 3.8) is 0 Å². The van der Waals surface area contributed by atoms with Crippen molar-refractivity contribution >= 4 is 16.0 Å². The third-order valence-electron chi connectivity index (χ3n) is 8.26. The smallest absolute Gasteiger partial charge is 0.306 e. The number of aryl methyl sites for hydroxylation is 1. The van der Waals surface area contributed by atoms with Crippen LogP contribution in [0.2, 0.25) is 0 Å². The summed E-state index contributed by atoms with van der Waals surface area (Å²) in [6.07, 6.45) is 1.67. The van der Waals surface area contributed by atoms with Gasteiger partial charge in [-0.3, -0.25) is 4.79 Å². The zero-order valence-corrected chi connectivity index (χ0v) is 25.2. The minimum absolute atomic E-state index is 0.198. The Kier molecular flexibility index (Phi) is 8.82. The number of fused-ring (bicyclic) bond motifs is 2. The van der Waals surface area contributed by atoms with E-state index in [2.05, 4.69) is 42.3 Å². The SMILES string of the molecule is CCOC(=O)CC(c1ccc(C)c(CN2CC(CC)Oc3ccccc3S2(=O)=O)c1)c1ccc2c(c1)CN(C)CC2. The zero-order valence-electron chi connectivity index (χ0n) is 24.4. The number of hydrogen-bond acceptors (Lipinski definition) is 6. The highest BCUT2D eigenvalue weighted by Gasteiger charge is 2.34. The van der Waals surface area contributed by atoms with E-state index in [0.717, 1.165) is 41.8 Å². The van der Waals surface area contributed by atoms with Crippen LogP contribution in [0.4, 0.5) is 0 Å². The molecule has 2 heterocycles. The second kappa shape index (κ2) is 12.3. The Bertz CT molecular complexity index is 1520.